The maximum absolute atomic E-state index is 13.4. The largest absolute Gasteiger partial charge is 0.497 e. The molecule has 1 aliphatic rings. The number of carbonyl (C=O) groups is 2. The van der Waals surface area contributed by atoms with E-state index in [4.69, 9.17) is 9.47 Å². The van der Waals surface area contributed by atoms with Crippen molar-refractivity contribution >= 4 is 23.7 Å². The summed E-state index contributed by atoms with van der Waals surface area (Å²) in [5.41, 5.74) is 1.52. The summed E-state index contributed by atoms with van der Waals surface area (Å²) < 4.78 is 10.7. The summed E-state index contributed by atoms with van der Waals surface area (Å²) in [5.74, 6) is 0.106. The monoisotopic (exact) mass is 394 g/mol. The SMILES string of the molecule is COc1ccc(OC)c(N2C(=O)c3ccccc3C(C=NCCC(C)C)C2=O)c1. The van der Waals surface area contributed by atoms with Crippen molar-refractivity contribution < 1.29 is 19.1 Å². The van der Waals surface area contributed by atoms with E-state index in [9.17, 15) is 9.59 Å². The molecule has 0 aliphatic carbocycles. The maximum Gasteiger partial charge on any atom is 0.265 e. The van der Waals surface area contributed by atoms with Gasteiger partial charge < -0.3 is 9.47 Å². The Morgan fingerprint density at radius 2 is 1.86 bits per heavy atom. The zero-order valence-corrected chi connectivity index (χ0v) is 17.2. The Morgan fingerprint density at radius 1 is 1.10 bits per heavy atom. The predicted octanol–water partition coefficient (Wildman–Crippen LogP) is 4.09. The average molecular weight is 394 g/mol. The number of hydrogen-bond donors (Lipinski definition) is 0. The van der Waals surface area contributed by atoms with Crippen LogP contribution < -0.4 is 14.4 Å². The van der Waals surface area contributed by atoms with E-state index >= 15 is 0 Å². The molecule has 0 spiro atoms. The number of nitrogens with zero attached hydrogens (tertiary/aromatic N) is 2. The van der Waals surface area contributed by atoms with Crippen molar-refractivity contribution in [3.8, 4) is 11.5 Å². The first-order valence-corrected chi connectivity index (χ1v) is 9.67. The standard InChI is InChI=1S/C23H26N2O4/c1-15(2)11-12-24-14-19-17-7-5-6-8-18(17)22(26)25(23(19)27)20-13-16(28-3)9-10-21(20)29-4/h5-10,13-15,19H,11-12H2,1-4H3. The van der Waals surface area contributed by atoms with Gasteiger partial charge in [0.2, 0.25) is 5.91 Å². The minimum Gasteiger partial charge on any atom is -0.497 e. The van der Waals surface area contributed by atoms with Gasteiger partial charge in [0, 0.05) is 24.4 Å². The molecule has 6 nitrogen and oxygen atoms in total. The zero-order chi connectivity index (χ0) is 21.0. The van der Waals surface area contributed by atoms with Crippen LogP contribution in [0.1, 0.15) is 42.1 Å². The van der Waals surface area contributed by atoms with Crippen molar-refractivity contribution in [3.05, 3.63) is 53.6 Å². The number of hydrogen-bond acceptors (Lipinski definition) is 5. The minimum absolute atomic E-state index is 0.353. The topological polar surface area (TPSA) is 68.2 Å². The Hall–Kier alpha value is -3.15. The number of fused-ring (bicyclic) bond motifs is 1. The van der Waals surface area contributed by atoms with Gasteiger partial charge in [0.25, 0.3) is 5.91 Å². The quantitative estimate of drug-likeness (QED) is 0.524. The van der Waals surface area contributed by atoms with Crippen LogP contribution in [0.15, 0.2) is 47.5 Å². The van der Waals surface area contributed by atoms with Gasteiger partial charge in [-0.1, -0.05) is 32.0 Å². The van der Waals surface area contributed by atoms with Gasteiger partial charge in [-0.25, -0.2) is 4.90 Å². The van der Waals surface area contributed by atoms with Gasteiger partial charge in [-0.2, -0.15) is 0 Å². The summed E-state index contributed by atoms with van der Waals surface area (Å²) >= 11 is 0. The van der Waals surface area contributed by atoms with Crippen LogP contribution in [0.3, 0.4) is 0 Å². The number of amides is 2. The number of imide groups is 1. The lowest BCUT2D eigenvalue weighted by atomic mass is 9.88. The third-order valence-corrected chi connectivity index (χ3v) is 4.93. The number of ether oxygens (including phenoxy) is 2. The van der Waals surface area contributed by atoms with Crippen molar-refractivity contribution in [1.82, 2.24) is 0 Å². The van der Waals surface area contributed by atoms with Crippen LogP contribution in [-0.4, -0.2) is 38.8 Å². The molecule has 0 aromatic heterocycles. The first-order chi connectivity index (χ1) is 14.0. The van der Waals surface area contributed by atoms with Gasteiger partial charge in [0.1, 0.15) is 11.5 Å². The zero-order valence-electron chi connectivity index (χ0n) is 17.2. The van der Waals surface area contributed by atoms with E-state index in [1.54, 1.807) is 36.5 Å². The molecule has 0 radical (unpaired) electrons. The average Bonchev–Trinajstić information content (AvgIpc) is 2.73. The summed E-state index contributed by atoms with van der Waals surface area (Å²) in [6.45, 7) is 4.90. The second kappa shape index (κ2) is 8.90. The Balaban J connectivity index is 2.06. The molecule has 1 atom stereocenters. The van der Waals surface area contributed by atoms with Crippen LogP contribution in [0.25, 0.3) is 0 Å². The summed E-state index contributed by atoms with van der Waals surface area (Å²) in [5, 5.41) is 0. The molecule has 0 N–H and O–H groups in total. The molecule has 1 unspecified atom stereocenters. The van der Waals surface area contributed by atoms with Crippen molar-refractivity contribution in [1.29, 1.82) is 0 Å². The molecular weight excluding hydrogens is 368 g/mol. The molecule has 1 heterocycles. The lowest BCUT2D eigenvalue weighted by Gasteiger charge is -2.31. The molecule has 152 valence electrons. The number of rotatable bonds is 7. The molecule has 2 aromatic rings. The number of anilines is 1. The van der Waals surface area contributed by atoms with E-state index in [0.29, 0.717) is 40.8 Å². The molecule has 0 bridgehead atoms. The Labute approximate surface area is 171 Å². The predicted molar refractivity (Wildman–Crippen MR) is 113 cm³/mol. The smallest absolute Gasteiger partial charge is 0.265 e. The third kappa shape index (κ3) is 4.16. The lowest BCUT2D eigenvalue weighted by molar-refractivity contribution is -0.118. The highest BCUT2D eigenvalue weighted by Gasteiger charge is 2.40. The number of benzene rings is 2. The highest BCUT2D eigenvalue weighted by atomic mass is 16.5. The molecule has 6 heteroatoms. The molecule has 0 fully saturated rings. The van der Waals surface area contributed by atoms with E-state index in [0.717, 1.165) is 6.42 Å². The lowest BCUT2D eigenvalue weighted by Crippen LogP contribution is -2.45. The van der Waals surface area contributed by atoms with E-state index in [1.807, 2.05) is 12.1 Å². The van der Waals surface area contributed by atoms with Crippen molar-refractivity contribution in [2.75, 3.05) is 25.7 Å². The fourth-order valence-electron chi connectivity index (χ4n) is 3.31. The van der Waals surface area contributed by atoms with Crippen LogP contribution in [0.4, 0.5) is 5.69 Å². The highest BCUT2D eigenvalue weighted by molar-refractivity contribution is 6.29. The molecule has 3 rings (SSSR count). The van der Waals surface area contributed by atoms with Crippen molar-refractivity contribution in [3.63, 3.8) is 0 Å². The van der Waals surface area contributed by atoms with Gasteiger partial charge in [-0.15, -0.1) is 0 Å². The molecule has 2 amide bonds. The van der Waals surface area contributed by atoms with Crippen molar-refractivity contribution in [2.24, 2.45) is 10.9 Å². The molecular formula is C23H26N2O4. The van der Waals surface area contributed by atoms with Crippen LogP contribution in [0.5, 0.6) is 11.5 Å². The molecule has 29 heavy (non-hydrogen) atoms. The maximum atomic E-state index is 13.4. The van der Waals surface area contributed by atoms with E-state index in [-0.39, 0.29) is 11.8 Å². The second-order valence-electron chi connectivity index (χ2n) is 7.32. The van der Waals surface area contributed by atoms with Gasteiger partial charge in [-0.05, 0) is 36.1 Å². The minimum atomic E-state index is -0.632. The fourth-order valence-corrected chi connectivity index (χ4v) is 3.31. The van der Waals surface area contributed by atoms with Crippen LogP contribution >= 0.6 is 0 Å². The van der Waals surface area contributed by atoms with Gasteiger partial charge in [-0.3, -0.25) is 14.6 Å². The Morgan fingerprint density at radius 3 is 2.55 bits per heavy atom. The molecule has 0 saturated carbocycles. The Kier molecular flexibility index (Phi) is 6.32. The molecule has 1 aliphatic heterocycles. The first-order valence-electron chi connectivity index (χ1n) is 9.67. The van der Waals surface area contributed by atoms with E-state index in [1.165, 1.54) is 19.1 Å². The number of methoxy groups -OCH3 is 2. The third-order valence-electron chi connectivity index (χ3n) is 4.93. The van der Waals surface area contributed by atoms with Crippen LogP contribution in [-0.2, 0) is 4.79 Å². The van der Waals surface area contributed by atoms with E-state index < -0.39 is 5.92 Å². The summed E-state index contributed by atoms with van der Waals surface area (Å²) in [6, 6.07) is 12.2. The van der Waals surface area contributed by atoms with Crippen LogP contribution in [0.2, 0.25) is 0 Å². The normalized spacial score (nSPS) is 16.4. The molecule has 2 aromatic carbocycles. The first kappa shape index (κ1) is 20.6. The summed E-state index contributed by atoms with van der Waals surface area (Å²) in [7, 11) is 3.04. The second-order valence-corrected chi connectivity index (χ2v) is 7.32. The molecule has 0 saturated heterocycles. The highest BCUT2D eigenvalue weighted by Crippen LogP contribution is 2.38. The summed E-state index contributed by atoms with van der Waals surface area (Å²) in [6.07, 6.45) is 2.60. The summed E-state index contributed by atoms with van der Waals surface area (Å²) in [4.78, 5) is 32.3. The fraction of sp³-hybridized carbons (Fsp3) is 0.348. The van der Waals surface area contributed by atoms with E-state index in [2.05, 4.69) is 18.8 Å². The van der Waals surface area contributed by atoms with Gasteiger partial charge >= 0.3 is 0 Å². The number of carbonyl (C=O) groups excluding carboxylic acids is 2. The van der Waals surface area contributed by atoms with Crippen LogP contribution in [0, 0.1) is 5.92 Å². The Bertz CT molecular complexity index is 936. The number of aliphatic imine (C=N–C) groups is 1. The van der Waals surface area contributed by atoms with Gasteiger partial charge in [0.15, 0.2) is 0 Å². The van der Waals surface area contributed by atoms with Crippen molar-refractivity contribution in [2.45, 2.75) is 26.2 Å². The van der Waals surface area contributed by atoms with Gasteiger partial charge in [0.05, 0.1) is 25.8 Å².